The Labute approximate surface area is 302 Å². The first-order chi connectivity index (χ1) is 24.9. The van der Waals surface area contributed by atoms with Crippen LogP contribution in [0.5, 0.6) is 0 Å². The molecule has 3 aromatic heterocycles. The molecule has 3 aromatic rings. The first-order valence-electron chi connectivity index (χ1n) is 17.0. The van der Waals surface area contributed by atoms with Crippen molar-refractivity contribution in [1.29, 1.82) is 0 Å². The number of amides is 1. The Bertz CT molecular complexity index is 1980. The van der Waals surface area contributed by atoms with E-state index in [1.165, 1.54) is 36.8 Å². The molecule has 5 heterocycles. The summed E-state index contributed by atoms with van der Waals surface area (Å²) in [7, 11) is -3.75. The van der Waals surface area contributed by atoms with Gasteiger partial charge in [-0.25, -0.2) is 14.2 Å². The summed E-state index contributed by atoms with van der Waals surface area (Å²) in [5.41, 5.74) is 3.49. The van der Waals surface area contributed by atoms with E-state index in [1.807, 2.05) is 0 Å². The molecule has 53 heavy (non-hydrogen) atoms. The standard InChI is InChI=1S/C31H46FN8O12P/c1-14(2)39(11-18-24(52-53(45,46)51-16(5)6)25(47-7)29(49-18)38-9-8-20(41)35-31(38)44)21(42)10-17-19(12-48-15(3)4)50-28(22(17)32)40-13-34-23-26(40)36-30(33)37-27(23)43/h8-9,13-19,22,24-25,28-29H,10-12H2,1-7H3,(H,45,46)(H,35,41,44)(H3,33,36,37,43)/p-1/t17-,18-,19-,22-,24-,25-,28-,29-/m1/s1. The number of nitrogens with zero attached hydrogens (tertiary/aromatic N) is 5. The number of nitrogen functional groups attached to an aromatic ring is 1. The van der Waals surface area contributed by atoms with Gasteiger partial charge in [-0.3, -0.25) is 38.1 Å². The molecule has 0 spiro atoms. The normalized spacial score (nSPS) is 27.3. The summed E-state index contributed by atoms with van der Waals surface area (Å²) in [6, 6.07) is 0.538. The maximum Gasteiger partial charge on any atom is 0.330 e. The molecule has 5 rings (SSSR count). The summed E-state index contributed by atoms with van der Waals surface area (Å²) in [5.74, 6) is -1.83. The second-order valence-electron chi connectivity index (χ2n) is 13.6. The second-order valence-corrected chi connectivity index (χ2v) is 14.9. The van der Waals surface area contributed by atoms with Crippen molar-refractivity contribution in [3.63, 3.8) is 0 Å². The number of halogens is 1. The van der Waals surface area contributed by atoms with Crippen molar-refractivity contribution in [3.05, 3.63) is 49.8 Å². The number of phosphoric ester groups is 1. The number of aromatic nitrogens is 6. The number of hydrogen-bond acceptors (Lipinski definition) is 15. The number of rotatable bonds is 15. The monoisotopic (exact) mass is 771 g/mol. The van der Waals surface area contributed by atoms with Gasteiger partial charge >= 0.3 is 5.69 Å². The third kappa shape index (κ3) is 8.94. The van der Waals surface area contributed by atoms with Crippen LogP contribution in [0.4, 0.5) is 10.3 Å². The third-order valence-corrected chi connectivity index (χ3v) is 9.98. The van der Waals surface area contributed by atoms with Gasteiger partial charge in [-0.15, -0.1) is 0 Å². The van der Waals surface area contributed by atoms with Crippen molar-refractivity contribution in [1.82, 2.24) is 34.0 Å². The van der Waals surface area contributed by atoms with Gasteiger partial charge in [0.2, 0.25) is 11.9 Å². The van der Waals surface area contributed by atoms with Gasteiger partial charge in [-0.2, -0.15) is 4.98 Å². The Balaban J connectivity index is 1.44. The number of carbonyl (C=O) groups is 1. The van der Waals surface area contributed by atoms with Crippen molar-refractivity contribution >= 4 is 30.8 Å². The zero-order chi connectivity index (χ0) is 38.9. The van der Waals surface area contributed by atoms with E-state index in [2.05, 4.69) is 19.9 Å². The van der Waals surface area contributed by atoms with Crippen LogP contribution in [0.2, 0.25) is 0 Å². The molecular formula is C31H45FN8O12P-. The summed E-state index contributed by atoms with van der Waals surface area (Å²) < 4.78 is 65.9. The number of phosphoric acid groups is 1. The molecule has 0 aromatic carbocycles. The van der Waals surface area contributed by atoms with Gasteiger partial charge in [0.1, 0.15) is 18.3 Å². The van der Waals surface area contributed by atoms with Gasteiger partial charge in [-0.1, -0.05) is 0 Å². The Kier molecular flexibility index (Phi) is 12.4. The van der Waals surface area contributed by atoms with Crippen LogP contribution in [0, 0.1) is 5.92 Å². The second kappa shape index (κ2) is 16.3. The number of alkyl halides is 1. The molecule has 0 radical (unpaired) electrons. The van der Waals surface area contributed by atoms with E-state index in [-0.39, 0.29) is 36.4 Å². The zero-order valence-corrected chi connectivity index (χ0v) is 31.1. The number of nitrogens with two attached hydrogens (primary N) is 1. The van der Waals surface area contributed by atoms with E-state index in [4.69, 9.17) is 33.7 Å². The van der Waals surface area contributed by atoms with Crippen molar-refractivity contribution in [3.8, 4) is 0 Å². The number of anilines is 1. The van der Waals surface area contributed by atoms with E-state index in [9.17, 15) is 28.6 Å². The summed E-state index contributed by atoms with van der Waals surface area (Å²) >= 11 is 0. The van der Waals surface area contributed by atoms with Crippen LogP contribution < -0.4 is 27.4 Å². The Morgan fingerprint density at radius 1 is 1.08 bits per heavy atom. The van der Waals surface area contributed by atoms with E-state index < -0.39 is 98.1 Å². The highest BCUT2D eigenvalue weighted by molar-refractivity contribution is 7.45. The number of carbonyl (C=O) groups excluding carboxylic acids is 1. The lowest BCUT2D eigenvalue weighted by atomic mass is 9.94. The van der Waals surface area contributed by atoms with Crippen molar-refractivity contribution in [2.45, 2.75) is 109 Å². The van der Waals surface area contributed by atoms with E-state index in [0.29, 0.717) is 0 Å². The fourth-order valence-corrected chi connectivity index (χ4v) is 7.56. The molecule has 2 aliphatic rings. The molecule has 4 N–H and O–H groups in total. The van der Waals surface area contributed by atoms with Gasteiger partial charge in [0.25, 0.3) is 18.9 Å². The van der Waals surface area contributed by atoms with Gasteiger partial charge in [0.15, 0.2) is 29.8 Å². The molecule has 2 saturated heterocycles. The highest BCUT2D eigenvalue weighted by Crippen LogP contribution is 2.47. The highest BCUT2D eigenvalue weighted by Gasteiger charge is 2.51. The molecule has 0 saturated carbocycles. The number of methoxy groups -OCH3 is 1. The maximum atomic E-state index is 16.6. The van der Waals surface area contributed by atoms with Crippen LogP contribution in [-0.2, 0) is 37.4 Å². The highest BCUT2D eigenvalue weighted by atomic mass is 31.2. The number of ether oxygens (including phenoxy) is 4. The van der Waals surface area contributed by atoms with Crippen LogP contribution in [0.3, 0.4) is 0 Å². The molecule has 0 bridgehead atoms. The van der Waals surface area contributed by atoms with Crippen molar-refractivity contribution in [2.75, 3.05) is 26.0 Å². The molecule has 22 heteroatoms. The van der Waals surface area contributed by atoms with E-state index >= 15 is 4.39 Å². The molecule has 20 nitrogen and oxygen atoms in total. The molecule has 294 valence electrons. The number of H-pyrrole nitrogens is 2. The van der Waals surface area contributed by atoms with Gasteiger partial charge in [-0.05, 0) is 41.5 Å². The van der Waals surface area contributed by atoms with E-state index in [0.717, 1.165) is 16.8 Å². The van der Waals surface area contributed by atoms with Crippen LogP contribution in [0.1, 0.15) is 60.4 Å². The lowest BCUT2D eigenvalue weighted by Crippen LogP contribution is -2.48. The fourth-order valence-electron chi connectivity index (χ4n) is 6.44. The Hall–Kier alpha value is -3.82. The van der Waals surface area contributed by atoms with Crippen LogP contribution in [0.25, 0.3) is 11.2 Å². The van der Waals surface area contributed by atoms with Gasteiger partial charge in [0, 0.05) is 44.3 Å². The van der Waals surface area contributed by atoms with Crippen LogP contribution in [-0.4, -0.2) is 109 Å². The van der Waals surface area contributed by atoms with Crippen molar-refractivity contribution in [2.24, 2.45) is 5.92 Å². The van der Waals surface area contributed by atoms with Gasteiger partial charge in [0.05, 0.1) is 31.2 Å². The van der Waals surface area contributed by atoms with Crippen LogP contribution >= 0.6 is 7.82 Å². The Morgan fingerprint density at radius 3 is 2.40 bits per heavy atom. The third-order valence-electron chi connectivity index (χ3n) is 8.80. The average molecular weight is 772 g/mol. The maximum absolute atomic E-state index is 16.6. The average Bonchev–Trinajstić information content (AvgIpc) is 3.71. The number of hydrogen-bond donors (Lipinski definition) is 3. The number of imidazole rings is 1. The Morgan fingerprint density at radius 2 is 1.77 bits per heavy atom. The molecule has 9 atom stereocenters. The largest absolute Gasteiger partial charge is 0.756 e. The minimum atomic E-state index is -5.01. The molecule has 0 aliphatic carbocycles. The number of aromatic amines is 2. The lowest BCUT2D eigenvalue weighted by Gasteiger charge is -2.35. The summed E-state index contributed by atoms with van der Waals surface area (Å²) in [4.78, 5) is 78.1. The molecular weight excluding hydrogens is 726 g/mol. The van der Waals surface area contributed by atoms with Crippen molar-refractivity contribution < 1.29 is 46.6 Å². The van der Waals surface area contributed by atoms with E-state index in [1.54, 1.807) is 27.7 Å². The first kappa shape index (κ1) is 40.4. The predicted molar refractivity (Wildman–Crippen MR) is 182 cm³/mol. The molecule has 1 unspecified atom stereocenters. The SMILES string of the molecule is CO[C@@H]1[C@H](OP(=O)([O-])OC(C)C)[C@@H](CN(C(=O)C[C@H]2[C@@H](F)[C@H](n3cnc4c(=O)[nH]c(N)nc43)O[C@@H]2COC(C)C)C(C)C)O[C@H]1n1ccc(=O)[nH]c1=O. The summed E-state index contributed by atoms with van der Waals surface area (Å²) in [6.07, 6.45) is -8.39. The molecule has 2 aliphatic heterocycles. The predicted octanol–water partition coefficient (Wildman–Crippen LogP) is 0.347. The topological polar surface area (TPSA) is 260 Å². The number of nitrogens with one attached hydrogen (secondary N) is 2. The summed E-state index contributed by atoms with van der Waals surface area (Å²) in [6.45, 7) is 9.59. The minimum absolute atomic E-state index is 0.0106. The fraction of sp³-hybridized carbons (Fsp3) is 0.677. The first-order valence-corrected chi connectivity index (χ1v) is 18.5. The molecule has 2 fully saturated rings. The quantitative estimate of drug-likeness (QED) is 0.176. The lowest BCUT2D eigenvalue weighted by molar-refractivity contribution is -0.236. The minimum Gasteiger partial charge on any atom is -0.756 e. The summed E-state index contributed by atoms with van der Waals surface area (Å²) in [5, 5.41) is 0. The van der Waals surface area contributed by atoms with Gasteiger partial charge < -0.3 is 43.5 Å². The zero-order valence-electron chi connectivity index (χ0n) is 30.2. The molecule has 1 amide bonds. The smallest absolute Gasteiger partial charge is 0.330 e. The van der Waals surface area contributed by atoms with Crippen LogP contribution in [0.15, 0.2) is 33.0 Å². The number of fused-ring (bicyclic) bond motifs is 1.